The third-order valence-electron chi connectivity index (χ3n) is 2.60. The third kappa shape index (κ3) is 4.78. The highest BCUT2D eigenvalue weighted by Gasteiger charge is 2.31. The Labute approximate surface area is 135 Å². The van der Waals surface area contributed by atoms with Crippen molar-refractivity contribution >= 4 is 53.2 Å². The minimum Gasteiger partial charge on any atom is -0.329 e. The van der Waals surface area contributed by atoms with Crippen LogP contribution in [0.15, 0.2) is 18.5 Å². The molecule has 4 nitrogen and oxygen atoms in total. The normalized spacial score (nSPS) is 15.7. The van der Waals surface area contributed by atoms with Crippen molar-refractivity contribution in [2.75, 3.05) is 6.54 Å². The summed E-state index contributed by atoms with van der Waals surface area (Å²) in [5.74, 6) is 0.355. The van der Waals surface area contributed by atoms with E-state index in [9.17, 15) is 8.42 Å². The van der Waals surface area contributed by atoms with Crippen LogP contribution in [0.2, 0.25) is 0 Å². The highest BCUT2D eigenvalue weighted by molar-refractivity contribution is 9.12. The van der Waals surface area contributed by atoms with Crippen LogP contribution in [0.3, 0.4) is 0 Å². The maximum atomic E-state index is 12.4. The molecule has 0 bridgehead atoms. The summed E-state index contributed by atoms with van der Waals surface area (Å²) >= 11 is 7.88. The van der Waals surface area contributed by atoms with Crippen LogP contribution in [0.1, 0.15) is 27.2 Å². The van der Waals surface area contributed by atoms with E-state index in [0.29, 0.717) is 16.1 Å². The molecule has 0 aromatic carbocycles. The molecule has 1 aromatic rings. The fourth-order valence-electron chi connectivity index (χ4n) is 1.96. The largest absolute Gasteiger partial charge is 0.329 e. The van der Waals surface area contributed by atoms with Crippen molar-refractivity contribution in [2.45, 2.75) is 37.6 Å². The molecule has 19 heavy (non-hydrogen) atoms. The van der Waals surface area contributed by atoms with Gasteiger partial charge in [-0.05, 0) is 57.2 Å². The predicted octanol–water partition coefficient (Wildman–Crippen LogP) is 3.31. The molecule has 0 aliphatic carbocycles. The molecule has 1 aromatic heterocycles. The Balaban J connectivity index is 3.05. The van der Waals surface area contributed by atoms with E-state index in [2.05, 4.69) is 36.6 Å². The zero-order chi connectivity index (χ0) is 14.8. The van der Waals surface area contributed by atoms with E-state index in [0.717, 1.165) is 3.79 Å². The van der Waals surface area contributed by atoms with Gasteiger partial charge in [0.15, 0.2) is 0 Å². The zero-order valence-corrected chi connectivity index (χ0v) is 15.8. The SMILES string of the molecule is CC(C)CC(C)(CN)NS(=O)(=O)c1cc(Br)sc1Br. The number of nitrogens with one attached hydrogen (secondary N) is 1. The number of hydrogen-bond acceptors (Lipinski definition) is 4. The van der Waals surface area contributed by atoms with Gasteiger partial charge in [-0.2, -0.15) is 0 Å². The first-order valence-corrected chi connectivity index (χ1v) is 9.67. The maximum absolute atomic E-state index is 12.4. The van der Waals surface area contributed by atoms with Gasteiger partial charge in [0.25, 0.3) is 0 Å². The highest BCUT2D eigenvalue weighted by atomic mass is 79.9. The summed E-state index contributed by atoms with van der Waals surface area (Å²) in [6.07, 6.45) is 0.686. The Bertz CT molecular complexity index is 543. The molecule has 0 amide bonds. The summed E-state index contributed by atoms with van der Waals surface area (Å²) in [5, 5.41) is 0. The zero-order valence-electron chi connectivity index (χ0n) is 11.0. The van der Waals surface area contributed by atoms with Gasteiger partial charge in [0.2, 0.25) is 10.0 Å². The predicted molar refractivity (Wildman–Crippen MR) is 87.0 cm³/mol. The van der Waals surface area contributed by atoms with Crippen molar-refractivity contribution in [3.8, 4) is 0 Å². The first kappa shape index (κ1) is 17.6. The molecule has 0 spiro atoms. The molecule has 110 valence electrons. The Morgan fingerprint density at radius 2 is 2.05 bits per heavy atom. The van der Waals surface area contributed by atoms with E-state index in [1.807, 2.05) is 20.8 Å². The van der Waals surface area contributed by atoms with Crippen LogP contribution in [-0.4, -0.2) is 20.5 Å². The van der Waals surface area contributed by atoms with Gasteiger partial charge < -0.3 is 5.73 Å². The third-order valence-corrected chi connectivity index (χ3v) is 7.00. The monoisotopic (exact) mass is 432 g/mol. The van der Waals surface area contributed by atoms with Gasteiger partial charge >= 0.3 is 0 Å². The standard InChI is InChI=1S/C11H18Br2N2O2S2/c1-7(2)5-11(3,6-14)15-19(16,17)8-4-9(12)18-10(8)13/h4,7,15H,5-6,14H2,1-3H3. The molecule has 0 saturated heterocycles. The number of rotatable bonds is 6. The number of halogens is 2. The van der Waals surface area contributed by atoms with Crippen molar-refractivity contribution in [1.82, 2.24) is 4.72 Å². The van der Waals surface area contributed by atoms with Gasteiger partial charge in [-0.25, -0.2) is 13.1 Å². The summed E-state index contributed by atoms with van der Waals surface area (Å²) in [4.78, 5) is 0.243. The molecular weight excluding hydrogens is 416 g/mol. The topological polar surface area (TPSA) is 72.2 Å². The lowest BCUT2D eigenvalue weighted by molar-refractivity contribution is 0.344. The molecule has 1 atom stereocenters. The van der Waals surface area contributed by atoms with E-state index in [1.54, 1.807) is 6.07 Å². The molecule has 0 aliphatic heterocycles. The molecule has 1 heterocycles. The Morgan fingerprint density at radius 1 is 1.47 bits per heavy atom. The molecule has 0 saturated carbocycles. The smallest absolute Gasteiger partial charge is 0.243 e. The van der Waals surface area contributed by atoms with Gasteiger partial charge in [-0.3, -0.25) is 0 Å². The fourth-order valence-corrected chi connectivity index (χ4v) is 7.20. The summed E-state index contributed by atoms with van der Waals surface area (Å²) in [5.41, 5.74) is 5.10. The van der Waals surface area contributed by atoms with Crippen LogP contribution in [0, 0.1) is 5.92 Å². The lowest BCUT2D eigenvalue weighted by Gasteiger charge is -2.30. The minimum absolute atomic E-state index is 0.243. The summed E-state index contributed by atoms with van der Waals surface area (Å²) in [7, 11) is -3.58. The lowest BCUT2D eigenvalue weighted by atomic mass is 9.92. The van der Waals surface area contributed by atoms with E-state index >= 15 is 0 Å². The van der Waals surface area contributed by atoms with E-state index in [4.69, 9.17) is 5.73 Å². The first-order chi connectivity index (χ1) is 8.59. The van der Waals surface area contributed by atoms with Gasteiger partial charge in [-0.15, -0.1) is 11.3 Å². The Hall–Kier alpha value is 0.530. The Morgan fingerprint density at radius 3 is 2.42 bits per heavy atom. The number of sulfonamides is 1. The van der Waals surface area contributed by atoms with Gasteiger partial charge in [-0.1, -0.05) is 13.8 Å². The van der Waals surface area contributed by atoms with Crippen molar-refractivity contribution in [3.63, 3.8) is 0 Å². The second-order valence-corrected chi connectivity index (χ2v) is 10.6. The molecule has 3 N–H and O–H groups in total. The quantitative estimate of drug-likeness (QED) is 0.722. The molecule has 0 fully saturated rings. The lowest BCUT2D eigenvalue weighted by Crippen LogP contribution is -2.51. The average molecular weight is 434 g/mol. The van der Waals surface area contributed by atoms with E-state index in [1.165, 1.54) is 11.3 Å². The van der Waals surface area contributed by atoms with Crippen LogP contribution < -0.4 is 10.5 Å². The molecule has 0 radical (unpaired) electrons. The summed E-state index contributed by atoms with van der Waals surface area (Å²) in [6.45, 7) is 6.17. The molecule has 1 unspecified atom stereocenters. The fraction of sp³-hybridized carbons (Fsp3) is 0.636. The number of hydrogen-bond donors (Lipinski definition) is 2. The van der Waals surface area contributed by atoms with Gasteiger partial charge in [0.1, 0.15) is 4.90 Å². The number of nitrogens with two attached hydrogens (primary N) is 1. The molecule has 0 aliphatic rings. The van der Waals surface area contributed by atoms with E-state index < -0.39 is 15.6 Å². The summed E-state index contributed by atoms with van der Waals surface area (Å²) in [6, 6.07) is 1.59. The highest BCUT2D eigenvalue weighted by Crippen LogP contribution is 2.35. The minimum atomic E-state index is -3.58. The van der Waals surface area contributed by atoms with Crippen molar-refractivity contribution in [1.29, 1.82) is 0 Å². The average Bonchev–Trinajstić information content (AvgIpc) is 2.56. The molecule has 1 rings (SSSR count). The van der Waals surface area contributed by atoms with Crippen molar-refractivity contribution < 1.29 is 8.42 Å². The van der Waals surface area contributed by atoms with Gasteiger partial charge in [0.05, 0.1) is 7.57 Å². The van der Waals surface area contributed by atoms with Crippen LogP contribution in [0.5, 0.6) is 0 Å². The van der Waals surface area contributed by atoms with Crippen LogP contribution in [0.4, 0.5) is 0 Å². The molecular formula is C11H18Br2N2O2S2. The van der Waals surface area contributed by atoms with Crippen LogP contribution in [-0.2, 0) is 10.0 Å². The maximum Gasteiger partial charge on any atom is 0.243 e. The van der Waals surface area contributed by atoms with E-state index in [-0.39, 0.29) is 11.4 Å². The van der Waals surface area contributed by atoms with Gasteiger partial charge in [0, 0.05) is 12.1 Å². The Kier molecular flexibility index (Phi) is 6.04. The van der Waals surface area contributed by atoms with Crippen molar-refractivity contribution in [3.05, 3.63) is 13.6 Å². The van der Waals surface area contributed by atoms with Crippen LogP contribution in [0.25, 0.3) is 0 Å². The second-order valence-electron chi connectivity index (χ2n) is 5.16. The van der Waals surface area contributed by atoms with Crippen molar-refractivity contribution in [2.24, 2.45) is 11.7 Å². The molecule has 8 heteroatoms. The second kappa shape index (κ2) is 6.53. The summed E-state index contributed by atoms with van der Waals surface area (Å²) < 4.78 is 28.9. The number of thiophene rings is 1. The van der Waals surface area contributed by atoms with Crippen LogP contribution >= 0.6 is 43.2 Å². The first-order valence-electron chi connectivity index (χ1n) is 5.78.